The minimum Gasteiger partial charge on any atom is -0.460 e. The average molecular weight is 277 g/mol. The average Bonchev–Trinajstić information content (AvgIpc) is 2.47. The summed E-state index contributed by atoms with van der Waals surface area (Å²) >= 11 is 0. The molecule has 0 aromatic heterocycles. The van der Waals surface area contributed by atoms with Crippen LogP contribution in [0, 0.1) is 11.3 Å². The first kappa shape index (κ1) is 16.2. The molecule has 0 unspecified atom stereocenters. The molecule has 0 N–H and O–H groups in total. The van der Waals surface area contributed by atoms with Crippen molar-refractivity contribution in [2.45, 2.75) is 13.3 Å². The predicted octanol–water partition coefficient (Wildman–Crippen LogP) is 1.96. The van der Waals surface area contributed by atoms with Gasteiger partial charge in [0, 0.05) is 6.61 Å². The Morgan fingerprint density at radius 3 is 2.70 bits per heavy atom. The van der Waals surface area contributed by atoms with Gasteiger partial charge in [-0.25, -0.2) is 4.79 Å². The van der Waals surface area contributed by atoms with Crippen LogP contribution in [-0.4, -0.2) is 39.0 Å². The molecule has 0 saturated heterocycles. The molecule has 1 rings (SSSR count). The van der Waals surface area contributed by atoms with Crippen molar-refractivity contribution in [1.82, 2.24) is 0 Å². The maximum Gasteiger partial charge on any atom is 0.338 e. The molecule has 0 radical (unpaired) electrons. The van der Waals surface area contributed by atoms with E-state index in [1.165, 1.54) is 0 Å². The smallest absolute Gasteiger partial charge is 0.338 e. The van der Waals surface area contributed by atoms with Crippen molar-refractivity contribution in [3.8, 4) is 6.07 Å². The number of carbonyl (C=O) groups is 1. The summed E-state index contributed by atoms with van der Waals surface area (Å²) in [5, 5.41) is 8.62. The molecule has 108 valence electrons. The van der Waals surface area contributed by atoms with Crippen molar-refractivity contribution < 1.29 is 19.0 Å². The highest BCUT2D eigenvalue weighted by atomic mass is 16.6. The molecule has 0 heterocycles. The van der Waals surface area contributed by atoms with Crippen molar-refractivity contribution in [1.29, 1.82) is 5.26 Å². The fourth-order valence-electron chi connectivity index (χ4n) is 1.54. The van der Waals surface area contributed by atoms with Crippen molar-refractivity contribution in [3.05, 3.63) is 35.4 Å². The Hall–Kier alpha value is -1.90. The molecule has 5 heteroatoms. The van der Waals surface area contributed by atoms with Crippen LogP contribution in [0.25, 0.3) is 0 Å². The Bertz CT molecular complexity index is 453. The molecule has 5 nitrogen and oxygen atoms in total. The number of benzene rings is 1. The first-order valence-electron chi connectivity index (χ1n) is 6.56. The molecule has 0 aliphatic rings. The summed E-state index contributed by atoms with van der Waals surface area (Å²) in [6.45, 7) is 4.16. The van der Waals surface area contributed by atoms with Gasteiger partial charge < -0.3 is 14.2 Å². The van der Waals surface area contributed by atoms with Crippen molar-refractivity contribution in [2.75, 3.05) is 33.0 Å². The zero-order valence-corrected chi connectivity index (χ0v) is 11.6. The zero-order chi connectivity index (χ0) is 14.6. The van der Waals surface area contributed by atoms with Gasteiger partial charge in [0.15, 0.2) is 0 Å². The van der Waals surface area contributed by atoms with Crippen molar-refractivity contribution in [3.63, 3.8) is 0 Å². The lowest BCUT2D eigenvalue weighted by Crippen LogP contribution is -2.13. The fourth-order valence-corrected chi connectivity index (χ4v) is 1.54. The lowest BCUT2D eigenvalue weighted by molar-refractivity contribution is 0.0164. The lowest BCUT2D eigenvalue weighted by atomic mass is 10.1. The van der Waals surface area contributed by atoms with E-state index in [1.54, 1.807) is 24.3 Å². The summed E-state index contributed by atoms with van der Waals surface area (Å²) in [5.41, 5.74) is 1.25. The lowest BCUT2D eigenvalue weighted by Gasteiger charge is -2.07. The van der Waals surface area contributed by atoms with Crippen LogP contribution in [0.5, 0.6) is 0 Å². The van der Waals surface area contributed by atoms with Crippen LogP contribution in [-0.2, 0) is 20.6 Å². The molecular weight excluding hydrogens is 258 g/mol. The Kier molecular flexibility index (Phi) is 8.04. The topological polar surface area (TPSA) is 68.6 Å². The summed E-state index contributed by atoms with van der Waals surface area (Å²) < 4.78 is 15.4. The molecule has 0 atom stereocenters. The Balaban J connectivity index is 2.25. The second-order valence-corrected chi connectivity index (χ2v) is 3.98. The van der Waals surface area contributed by atoms with Crippen LogP contribution in [0.1, 0.15) is 22.8 Å². The van der Waals surface area contributed by atoms with Crippen LogP contribution in [0.15, 0.2) is 24.3 Å². The first-order valence-corrected chi connectivity index (χ1v) is 6.56. The monoisotopic (exact) mass is 277 g/mol. The molecule has 0 aliphatic heterocycles. The fraction of sp³-hybridized carbons (Fsp3) is 0.467. The second kappa shape index (κ2) is 9.96. The van der Waals surface area contributed by atoms with E-state index in [1.807, 2.05) is 13.0 Å². The summed E-state index contributed by atoms with van der Waals surface area (Å²) in [7, 11) is 0. The van der Waals surface area contributed by atoms with E-state index in [4.69, 9.17) is 19.5 Å². The van der Waals surface area contributed by atoms with E-state index in [9.17, 15) is 4.79 Å². The second-order valence-electron chi connectivity index (χ2n) is 3.98. The number of carbonyl (C=O) groups excluding carboxylic acids is 1. The Morgan fingerprint density at radius 1 is 1.20 bits per heavy atom. The highest BCUT2D eigenvalue weighted by Gasteiger charge is 2.07. The number of esters is 1. The Morgan fingerprint density at radius 2 is 1.95 bits per heavy atom. The van der Waals surface area contributed by atoms with E-state index >= 15 is 0 Å². The number of hydrogen-bond donors (Lipinski definition) is 0. The molecule has 0 spiro atoms. The third kappa shape index (κ3) is 6.32. The number of rotatable bonds is 9. The van der Waals surface area contributed by atoms with Crippen LogP contribution in [0.2, 0.25) is 0 Å². The summed E-state index contributed by atoms with van der Waals surface area (Å²) in [6.07, 6.45) is 0.279. The van der Waals surface area contributed by atoms with Gasteiger partial charge in [-0.15, -0.1) is 0 Å². The molecule has 0 fully saturated rings. The van der Waals surface area contributed by atoms with E-state index < -0.39 is 5.97 Å². The van der Waals surface area contributed by atoms with Crippen LogP contribution in [0.4, 0.5) is 0 Å². The molecule has 20 heavy (non-hydrogen) atoms. The standard InChI is InChI=1S/C15H19NO4/c1-2-18-8-9-19-10-11-20-15(17)14-5-3-4-13(12-14)6-7-16/h3-5,12H,2,6,8-11H2,1H3. The van der Waals surface area contributed by atoms with E-state index in [2.05, 4.69) is 0 Å². The van der Waals surface area contributed by atoms with Crippen LogP contribution < -0.4 is 0 Å². The molecule has 1 aromatic carbocycles. The van der Waals surface area contributed by atoms with Gasteiger partial charge >= 0.3 is 5.97 Å². The highest BCUT2D eigenvalue weighted by Crippen LogP contribution is 2.07. The molecule has 1 aromatic rings. The maximum absolute atomic E-state index is 11.8. The summed E-state index contributed by atoms with van der Waals surface area (Å²) in [6, 6.07) is 8.92. The third-order valence-electron chi connectivity index (χ3n) is 2.48. The zero-order valence-electron chi connectivity index (χ0n) is 11.6. The predicted molar refractivity (Wildman–Crippen MR) is 73.4 cm³/mol. The SMILES string of the molecule is CCOCCOCCOC(=O)c1cccc(CC#N)c1. The van der Waals surface area contributed by atoms with Gasteiger partial charge in [-0.05, 0) is 24.6 Å². The Labute approximate surface area is 119 Å². The molecular formula is C15H19NO4. The van der Waals surface area contributed by atoms with Crippen LogP contribution in [0.3, 0.4) is 0 Å². The number of hydrogen-bond acceptors (Lipinski definition) is 5. The highest BCUT2D eigenvalue weighted by molar-refractivity contribution is 5.89. The summed E-state index contributed by atoms with van der Waals surface area (Å²) in [4.78, 5) is 11.8. The normalized spacial score (nSPS) is 10.0. The minimum absolute atomic E-state index is 0.202. The quantitative estimate of drug-likeness (QED) is 0.510. The van der Waals surface area contributed by atoms with Gasteiger partial charge in [-0.1, -0.05) is 12.1 Å². The number of nitrogens with zero attached hydrogens (tertiary/aromatic N) is 1. The first-order chi connectivity index (χ1) is 9.77. The molecule has 0 bridgehead atoms. The molecule has 0 amide bonds. The third-order valence-corrected chi connectivity index (χ3v) is 2.48. The van der Waals surface area contributed by atoms with E-state index in [0.29, 0.717) is 32.0 Å². The molecule has 0 aliphatic carbocycles. The maximum atomic E-state index is 11.8. The van der Waals surface area contributed by atoms with E-state index in [-0.39, 0.29) is 13.0 Å². The van der Waals surface area contributed by atoms with Gasteiger partial charge in [-0.2, -0.15) is 5.26 Å². The largest absolute Gasteiger partial charge is 0.460 e. The van der Waals surface area contributed by atoms with Gasteiger partial charge in [0.2, 0.25) is 0 Å². The number of nitriles is 1. The minimum atomic E-state index is -0.404. The summed E-state index contributed by atoms with van der Waals surface area (Å²) in [5.74, 6) is -0.404. The molecule has 0 saturated carbocycles. The van der Waals surface area contributed by atoms with Gasteiger partial charge in [0.05, 0.1) is 37.9 Å². The van der Waals surface area contributed by atoms with Gasteiger partial charge in [-0.3, -0.25) is 0 Å². The van der Waals surface area contributed by atoms with Crippen LogP contribution >= 0.6 is 0 Å². The van der Waals surface area contributed by atoms with Crippen molar-refractivity contribution >= 4 is 5.97 Å². The number of ether oxygens (including phenoxy) is 3. The van der Waals surface area contributed by atoms with Gasteiger partial charge in [0.25, 0.3) is 0 Å². The van der Waals surface area contributed by atoms with Gasteiger partial charge in [0.1, 0.15) is 6.61 Å². The van der Waals surface area contributed by atoms with E-state index in [0.717, 1.165) is 5.56 Å². The van der Waals surface area contributed by atoms with Crippen molar-refractivity contribution in [2.24, 2.45) is 0 Å².